The van der Waals surface area contributed by atoms with E-state index in [-0.39, 0.29) is 18.6 Å². The lowest BCUT2D eigenvalue weighted by Gasteiger charge is -2.12. The highest BCUT2D eigenvalue weighted by atomic mass is 16.7. The Hall–Kier alpha value is -2.19. The van der Waals surface area contributed by atoms with Crippen molar-refractivity contribution in [3.8, 4) is 0 Å². The SMILES string of the molecule is Cc1c(NC(=O)NCC2COCO2)cccc1[N+](=O)[O-]. The maximum Gasteiger partial charge on any atom is 0.319 e. The van der Waals surface area contributed by atoms with Crippen molar-refractivity contribution in [3.63, 3.8) is 0 Å². The van der Waals surface area contributed by atoms with Gasteiger partial charge in [-0.05, 0) is 13.0 Å². The van der Waals surface area contributed by atoms with Gasteiger partial charge >= 0.3 is 6.03 Å². The molecule has 0 bridgehead atoms. The van der Waals surface area contributed by atoms with Crippen LogP contribution in [0.4, 0.5) is 16.2 Å². The zero-order chi connectivity index (χ0) is 14.5. The molecule has 1 saturated heterocycles. The third kappa shape index (κ3) is 3.43. The number of nitrogens with one attached hydrogen (secondary N) is 2. The Morgan fingerprint density at radius 2 is 2.35 bits per heavy atom. The summed E-state index contributed by atoms with van der Waals surface area (Å²) in [5, 5.41) is 16.0. The number of amides is 2. The van der Waals surface area contributed by atoms with E-state index in [4.69, 9.17) is 9.47 Å². The van der Waals surface area contributed by atoms with E-state index in [1.54, 1.807) is 13.0 Å². The molecule has 8 nitrogen and oxygen atoms in total. The Labute approximate surface area is 115 Å². The Bertz CT molecular complexity index is 514. The van der Waals surface area contributed by atoms with Gasteiger partial charge in [-0.2, -0.15) is 0 Å². The van der Waals surface area contributed by atoms with Crippen molar-refractivity contribution in [2.45, 2.75) is 13.0 Å². The predicted octanol–water partition coefficient (Wildman–Crippen LogP) is 1.40. The van der Waals surface area contributed by atoms with Crippen LogP contribution in [0.5, 0.6) is 0 Å². The summed E-state index contributed by atoms with van der Waals surface area (Å²) in [5.41, 5.74) is 0.781. The summed E-state index contributed by atoms with van der Waals surface area (Å²) >= 11 is 0. The van der Waals surface area contributed by atoms with E-state index in [0.717, 1.165) is 0 Å². The number of nitrogens with zero attached hydrogens (tertiary/aromatic N) is 1. The average Bonchev–Trinajstić information content (AvgIpc) is 2.91. The monoisotopic (exact) mass is 281 g/mol. The normalized spacial score (nSPS) is 17.8. The summed E-state index contributed by atoms with van der Waals surface area (Å²) in [4.78, 5) is 22.0. The molecule has 0 saturated carbocycles. The molecule has 8 heteroatoms. The zero-order valence-electron chi connectivity index (χ0n) is 10.9. The number of rotatable bonds is 4. The molecule has 0 radical (unpaired) electrons. The molecule has 1 atom stereocenters. The van der Waals surface area contributed by atoms with Crippen molar-refractivity contribution in [1.82, 2.24) is 5.32 Å². The van der Waals surface area contributed by atoms with Crippen LogP contribution < -0.4 is 10.6 Å². The molecular formula is C12H15N3O5. The molecule has 1 fully saturated rings. The average molecular weight is 281 g/mol. The van der Waals surface area contributed by atoms with Crippen LogP contribution in [0.2, 0.25) is 0 Å². The predicted molar refractivity (Wildman–Crippen MR) is 70.5 cm³/mol. The highest BCUT2D eigenvalue weighted by molar-refractivity contribution is 5.90. The Balaban J connectivity index is 1.93. The molecule has 1 unspecified atom stereocenters. The van der Waals surface area contributed by atoms with Crippen molar-refractivity contribution >= 4 is 17.4 Å². The van der Waals surface area contributed by atoms with Gasteiger partial charge in [-0.15, -0.1) is 0 Å². The minimum absolute atomic E-state index is 0.0321. The first-order valence-corrected chi connectivity index (χ1v) is 6.06. The molecule has 0 aliphatic carbocycles. The van der Waals surface area contributed by atoms with E-state index in [9.17, 15) is 14.9 Å². The second kappa shape index (κ2) is 6.31. The lowest BCUT2D eigenvalue weighted by atomic mass is 10.1. The third-order valence-electron chi connectivity index (χ3n) is 2.93. The van der Waals surface area contributed by atoms with E-state index in [2.05, 4.69) is 10.6 Å². The van der Waals surface area contributed by atoms with Crippen LogP contribution in [-0.2, 0) is 9.47 Å². The van der Waals surface area contributed by atoms with Gasteiger partial charge < -0.3 is 20.1 Å². The second-order valence-corrected chi connectivity index (χ2v) is 4.32. The second-order valence-electron chi connectivity index (χ2n) is 4.32. The number of hydrogen-bond acceptors (Lipinski definition) is 5. The van der Waals surface area contributed by atoms with Crippen LogP contribution in [0.25, 0.3) is 0 Å². The van der Waals surface area contributed by atoms with Gasteiger partial charge in [0.25, 0.3) is 5.69 Å². The van der Waals surface area contributed by atoms with Gasteiger partial charge in [-0.25, -0.2) is 4.79 Å². The molecule has 2 N–H and O–H groups in total. The van der Waals surface area contributed by atoms with Crippen LogP contribution in [0.1, 0.15) is 5.56 Å². The largest absolute Gasteiger partial charge is 0.353 e. The maximum atomic E-state index is 11.7. The first kappa shape index (κ1) is 14.2. The Kier molecular flexibility index (Phi) is 4.49. The maximum absolute atomic E-state index is 11.7. The molecular weight excluding hydrogens is 266 g/mol. The van der Waals surface area contributed by atoms with Crippen molar-refractivity contribution in [2.75, 3.05) is 25.3 Å². The van der Waals surface area contributed by atoms with Gasteiger partial charge in [0.1, 0.15) is 12.9 Å². The van der Waals surface area contributed by atoms with Crippen LogP contribution in [0, 0.1) is 17.0 Å². The number of carbonyl (C=O) groups is 1. The van der Waals surface area contributed by atoms with Gasteiger partial charge in [0.15, 0.2) is 0 Å². The van der Waals surface area contributed by atoms with Crippen molar-refractivity contribution in [2.24, 2.45) is 0 Å². The number of anilines is 1. The molecule has 1 aliphatic rings. The van der Waals surface area contributed by atoms with Crippen LogP contribution in [0.3, 0.4) is 0 Å². The van der Waals surface area contributed by atoms with E-state index in [1.165, 1.54) is 12.1 Å². The topological polar surface area (TPSA) is 103 Å². The zero-order valence-corrected chi connectivity index (χ0v) is 10.9. The van der Waals surface area contributed by atoms with Crippen LogP contribution >= 0.6 is 0 Å². The van der Waals surface area contributed by atoms with E-state index >= 15 is 0 Å². The molecule has 1 aromatic carbocycles. The Morgan fingerprint density at radius 3 is 3.00 bits per heavy atom. The number of nitro benzene ring substituents is 1. The van der Waals surface area contributed by atoms with Crippen LogP contribution in [-0.4, -0.2) is 37.0 Å². The molecule has 2 amide bonds. The lowest BCUT2D eigenvalue weighted by molar-refractivity contribution is -0.385. The van der Waals surface area contributed by atoms with Crippen LogP contribution in [0.15, 0.2) is 18.2 Å². The highest BCUT2D eigenvalue weighted by Gasteiger charge is 2.18. The number of benzene rings is 1. The van der Waals surface area contributed by atoms with E-state index in [0.29, 0.717) is 24.4 Å². The fourth-order valence-electron chi connectivity index (χ4n) is 1.82. The molecule has 0 spiro atoms. The lowest BCUT2D eigenvalue weighted by Crippen LogP contribution is -2.36. The number of carbonyl (C=O) groups excluding carboxylic acids is 1. The summed E-state index contributed by atoms with van der Waals surface area (Å²) in [6, 6.07) is 4.08. The molecule has 20 heavy (non-hydrogen) atoms. The third-order valence-corrected chi connectivity index (χ3v) is 2.93. The standard InChI is InChI=1S/C12H15N3O5/c1-8-10(3-2-4-11(8)15(17)18)14-12(16)13-5-9-6-19-7-20-9/h2-4,9H,5-7H2,1H3,(H2,13,14,16). The molecule has 1 aliphatic heterocycles. The van der Waals surface area contributed by atoms with Gasteiger partial charge in [0, 0.05) is 12.6 Å². The fraction of sp³-hybridized carbons (Fsp3) is 0.417. The van der Waals surface area contributed by atoms with E-state index < -0.39 is 11.0 Å². The van der Waals surface area contributed by atoms with E-state index in [1.807, 2.05) is 0 Å². The summed E-state index contributed by atoms with van der Waals surface area (Å²) in [6.07, 6.45) is -0.160. The van der Waals surface area contributed by atoms with Crippen molar-refractivity contribution < 1.29 is 19.2 Å². The van der Waals surface area contributed by atoms with Crippen molar-refractivity contribution in [3.05, 3.63) is 33.9 Å². The van der Waals surface area contributed by atoms with Crippen molar-refractivity contribution in [1.29, 1.82) is 0 Å². The Morgan fingerprint density at radius 1 is 1.55 bits per heavy atom. The van der Waals surface area contributed by atoms with Gasteiger partial charge in [-0.3, -0.25) is 10.1 Å². The molecule has 2 rings (SSSR count). The molecule has 1 heterocycles. The fourth-order valence-corrected chi connectivity index (χ4v) is 1.82. The number of nitro groups is 1. The number of ether oxygens (including phenoxy) is 2. The minimum Gasteiger partial charge on any atom is -0.353 e. The number of urea groups is 1. The summed E-state index contributed by atoms with van der Waals surface area (Å²) in [6.45, 7) is 2.58. The smallest absolute Gasteiger partial charge is 0.319 e. The van der Waals surface area contributed by atoms with Gasteiger partial charge in [0.05, 0.1) is 22.8 Å². The summed E-state index contributed by atoms with van der Waals surface area (Å²) in [5.74, 6) is 0. The molecule has 1 aromatic rings. The molecule has 108 valence electrons. The highest BCUT2D eigenvalue weighted by Crippen LogP contribution is 2.24. The minimum atomic E-state index is -0.484. The molecule has 0 aromatic heterocycles. The summed E-state index contributed by atoms with van der Waals surface area (Å²) < 4.78 is 10.2. The first-order valence-electron chi connectivity index (χ1n) is 6.06. The summed E-state index contributed by atoms with van der Waals surface area (Å²) in [7, 11) is 0. The first-order chi connectivity index (χ1) is 9.58. The quantitative estimate of drug-likeness (QED) is 0.641. The van der Waals surface area contributed by atoms with Gasteiger partial charge in [0.2, 0.25) is 0 Å². The van der Waals surface area contributed by atoms with Gasteiger partial charge in [-0.1, -0.05) is 6.07 Å². The number of hydrogen-bond donors (Lipinski definition) is 2.